The molecule has 0 radical (unpaired) electrons. The lowest BCUT2D eigenvalue weighted by Gasteiger charge is -2.46. The van der Waals surface area contributed by atoms with Gasteiger partial charge in [-0.3, -0.25) is 19.3 Å². The minimum atomic E-state index is -1.70. The van der Waals surface area contributed by atoms with E-state index < -0.39 is 58.9 Å². The molecule has 2 amide bonds. The number of hydrogen-bond acceptors (Lipinski definition) is 8. The van der Waals surface area contributed by atoms with Crippen molar-refractivity contribution in [2.24, 2.45) is 5.92 Å². The number of ether oxygens (including phenoxy) is 2. The van der Waals surface area contributed by atoms with Crippen molar-refractivity contribution in [3.63, 3.8) is 0 Å². The van der Waals surface area contributed by atoms with E-state index in [1.807, 2.05) is 95.9 Å². The first-order chi connectivity index (χ1) is 27.8. The number of carbonyl (C=O) groups is 3. The third kappa shape index (κ3) is 6.90. The molecule has 2 saturated heterocycles. The fourth-order valence-electron chi connectivity index (χ4n) is 9.52. The molecule has 57 heavy (non-hydrogen) atoms. The summed E-state index contributed by atoms with van der Waals surface area (Å²) >= 11 is 0. The first-order valence-electron chi connectivity index (χ1n) is 19.8. The highest BCUT2D eigenvalue weighted by molar-refractivity contribution is 6.12. The molecule has 1 spiro atoms. The number of fused-ring (bicyclic) bond motifs is 3. The van der Waals surface area contributed by atoms with E-state index >= 15 is 4.79 Å². The van der Waals surface area contributed by atoms with E-state index in [1.54, 1.807) is 18.2 Å². The molecule has 1 aliphatic carbocycles. The monoisotopic (exact) mass is 765 g/mol. The van der Waals surface area contributed by atoms with Gasteiger partial charge in [0.2, 0.25) is 11.8 Å². The summed E-state index contributed by atoms with van der Waals surface area (Å²) in [5, 5.41) is 27.2. The Kier molecular flexibility index (Phi) is 10.7. The number of hydrogen-bond donors (Lipinski definition) is 4. The lowest BCUT2D eigenvalue weighted by molar-refractivity contribution is -0.178. The van der Waals surface area contributed by atoms with Crippen LogP contribution in [0.2, 0.25) is 0 Å². The Balaban J connectivity index is 1.40. The van der Waals surface area contributed by atoms with Gasteiger partial charge in [-0.15, -0.1) is 6.58 Å². The summed E-state index contributed by atoms with van der Waals surface area (Å²) in [7, 11) is 0. The van der Waals surface area contributed by atoms with Gasteiger partial charge in [0, 0.05) is 17.8 Å². The lowest BCUT2D eigenvalue weighted by Crippen LogP contribution is -2.54. The van der Waals surface area contributed by atoms with E-state index in [2.05, 4.69) is 29.1 Å². The summed E-state index contributed by atoms with van der Waals surface area (Å²) in [6, 6.07) is 29.1. The van der Waals surface area contributed by atoms with Crippen molar-refractivity contribution in [3.05, 3.63) is 144 Å². The van der Waals surface area contributed by atoms with Crippen LogP contribution in [0.15, 0.2) is 116 Å². The number of benzene rings is 4. The minimum Gasteiger partial charge on any atom is -0.491 e. The van der Waals surface area contributed by atoms with Gasteiger partial charge in [0.1, 0.15) is 35.5 Å². The fraction of sp³-hybridized carbons (Fsp3) is 0.340. The second-order valence-electron chi connectivity index (χ2n) is 15.4. The number of cyclic esters (lactones) is 1. The topological polar surface area (TPSA) is 137 Å². The summed E-state index contributed by atoms with van der Waals surface area (Å²) in [6.07, 6.45) is 5.81. The highest BCUT2D eigenvalue weighted by Gasteiger charge is 2.74. The Bertz CT molecular complexity index is 2210. The molecule has 6 unspecified atom stereocenters. The molecule has 4 aliphatic rings. The van der Waals surface area contributed by atoms with Crippen LogP contribution in [0.3, 0.4) is 0 Å². The summed E-state index contributed by atoms with van der Waals surface area (Å²) in [4.78, 5) is 47.1. The summed E-state index contributed by atoms with van der Waals surface area (Å²) in [5.74, 6) is 3.99. The van der Waals surface area contributed by atoms with Crippen LogP contribution < -0.4 is 15.4 Å². The first-order valence-corrected chi connectivity index (χ1v) is 19.8. The molecule has 0 aromatic heterocycles. The van der Waals surface area contributed by atoms with Crippen molar-refractivity contribution in [1.29, 1.82) is 0 Å². The van der Waals surface area contributed by atoms with Crippen LogP contribution in [-0.2, 0) is 24.5 Å². The number of anilines is 1. The fourth-order valence-corrected chi connectivity index (χ4v) is 9.52. The van der Waals surface area contributed by atoms with Gasteiger partial charge in [-0.25, -0.2) is 0 Å². The van der Waals surface area contributed by atoms with Gasteiger partial charge < -0.3 is 30.3 Å². The van der Waals surface area contributed by atoms with Crippen molar-refractivity contribution < 1.29 is 34.1 Å². The molecule has 4 aromatic carbocycles. The predicted molar refractivity (Wildman–Crippen MR) is 215 cm³/mol. The van der Waals surface area contributed by atoms with Crippen LogP contribution in [0.1, 0.15) is 84.5 Å². The average Bonchev–Trinajstić information content (AvgIpc) is 3.60. The van der Waals surface area contributed by atoms with Crippen LogP contribution in [0.5, 0.6) is 5.75 Å². The highest BCUT2D eigenvalue weighted by atomic mass is 16.6. The van der Waals surface area contributed by atoms with E-state index in [0.29, 0.717) is 41.0 Å². The largest absolute Gasteiger partial charge is 0.491 e. The van der Waals surface area contributed by atoms with Gasteiger partial charge in [-0.1, -0.05) is 104 Å². The van der Waals surface area contributed by atoms with E-state index in [-0.39, 0.29) is 19.8 Å². The third-order valence-corrected chi connectivity index (χ3v) is 11.9. The smallest absolute Gasteiger partial charge is 0.324 e. The van der Waals surface area contributed by atoms with Crippen molar-refractivity contribution in [1.82, 2.24) is 10.2 Å². The zero-order valence-electron chi connectivity index (χ0n) is 31.7. The predicted octanol–water partition coefficient (Wildman–Crippen LogP) is 6.07. The molecular formula is C47H47N3O7. The SMILES string of the molecule is C=CCNC(=O)C1C2C(=O)OC(c3ccccc3)C(c3ccccc3)N2C(c2cccc(OCCO)c2)C12C(=O)Nc1ccc(C#CC3(O)CCCCCC3)cc12. The van der Waals surface area contributed by atoms with Gasteiger partial charge in [0.05, 0.1) is 24.6 Å². The van der Waals surface area contributed by atoms with Gasteiger partial charge in [0.25, 0.3) is 0 Å². The lowest BCUT2D eigenvalue weighted by atomic mass is 9.65. The summed E-state index contributed by atoms with van der Waals surface area (Å²) < 4.78 is 12.4. The van der Waals surface area contributed by atoms with Crippen LogP contribution in [0.25, 0.3) is 0 Å². The second-order valence-corrected chi connectivity index (χ2v) is 15.4. The Labute approximate surface area is 332 Å². The van der Waals surface area contributed by atoms with Crippen molar-refractivity contribution in [3.8, 4) is 17.6 Å². The van der Waals surface area contributed by atoms with Gasteiger partial charge in [-0.2, -0.15) is 0 Å². The Morgan fingerprint density at radius 3 is 2.32 bits per heavy atom. The zero-order valence-corrected chi connectivity index (χ0v) is 31.7. The van der Waals surface area contributed by atoms with Crippen molar-refractivity contribution in [2.45, 2.75) is 73.8 Å². The van der Waals surface area contributed by atoms with Gasteiger partial charge in [0.15, 0.2) is 0 Å². The number of amides is 2. The maximum atomic E-state index is 15.3. The van der Waals surface area contributed by atoms with Crippen LogP contribution >= 0.6 is 0 Å². The number of morpholine rings is 1. The highest BCUT2D eigenvalue weighted by Crippen LogP contribution is 2.65. The number of aliphatic hydroxyl groups is 2. The third-order valence-electron chi connectivity index (χ3n) is 11.9. The Morgan fingerprint density at radius 2 is 1.61 bits per heavy atom. The standard InChI is InChI=1S/C47H47N3O7/c1-2-26-48-43(52)38-40-44(53)57-41(33-16-9-6-10-17-33)39(32-14-7-5-8-15-32)50(40)42(34-18-13-19-35(30-34)56-28-27-51)47(38)36-29-31(20-21-37(36)49-45(47)54)22-25-46(55)23-11-3-4-12-24-46/h2,5-10,13-21,29-30,38-42,51,55H,1,3-4,11-12,23-24,26-28H2,(H,48,52)(H,49,54). The van der Waals surface area contributed by atoms with Crippen LogP contribution in [-0.4, -0.2) is 64.3 Å². The molecule has 4 aromatic rings. The average molecular weight is 766 g/mol. The number of esters is 1. The molecule has 4 N–H and O–H groups in total. The number of rotatable bonds is 9. The maximum Gasteiger partial charge on any atom is 0.324 e. The van der Waals surface area contributed by atoms with Crippen molar-refractivity contribution >= 4 is 23.5 Å². The van der Waals surface area contributed by atoms with E-state index in [9.17, 15) is 19.8 Å². The molecule has 3 fully saturated rings. The van der Waals surface area contributed by atoms with Crippen LogP contribution in [0, 0.1) is 17.8 Å². The normalized spacial score (nSPS) is 26.2. The molecule has 1 saturated carbocycles. The van der Waals surface area contributed by atoms with Crippen molar-refractivity contribution in [2.75, 3.05) is 25.1 Å². The molecule has 292 valence electrons. The van der Waals surface area contributed by atoms with E-state index in [0.717, 1.165) is 36.8 Å². The molecule has 10 nitrogen and oxygen atoms in total. The van der Waals surface area contributed by atoms with Gasteiger partial charge >= 0.3 is 5.97 Å². The Hall–Kier alpha value is -5.73. The molecule has 8 rings (SSSR count). The number of aliphatic hydroxyl groups excluding tert-OH is 1. The maximum absolute atomic E-state index is 15.3. The van der Waals surface area contributed by atoms with E-state index in [4.69, 9.17) is 9.47 Å². The summed E-state index contributed by atoms with van der Waals surface area (Å²) in [6.45, 7) is 3.76. The molecule has 6 atom stereocenters. The quantitative estimate of drug-likeness (QED) is 0.0699. The number of nitrogens with one attached hydrogen (secondary N) is 2. The number of nitrogens with zero attached hydrogens (tertiary/aromatic N) is 1. The molecule has 3 heterocycles. The zero-order chi connectivity index (χ0) is 39.6. The molecule has 3 aliphatic heterocycles. The molecular weight excluding hydrogens is 719 g/mol. The first kappa shape index (κ1) is 38.2. The van der Waals surface area contributed by atoms with Gasteiger partial charge in [-0.05, 0) is 78.3 Å². The Morgan fingerprint density at radius 1 is 0.912 bits per heavy atom. The number of carbonyl (C=O) groups excluding carboxylic acids is 3. The summed E-state index contributed by atoms with van der Waals surface area (Å²) in [5.41, 5.74) is 0.984. The van der Waals surface area contributed by atoms with E-state index in [1.165, 1.54) is 0 Å². The second kappa shape index (κ2) is 16.0. The minimum absolute atomic E-state index is 0.0466. The van der Waals surface area contributed by atoms with Crippen LogP contribution in [0.4, 0.5) is 5.69 Å². The molecule has 0 bridgehead atoms. The molecule has 10 heteroatoms.